The number of carbonyl (C=O) groups excluding carboxylic acids is 2. The normalized spacial score (nSPS) is 10.9. The third-order valence-corrected chi connectivity index (χ3v) is 2.02. The lowest BCUT2D eigenvalue weighted by Gasteiger charge is -2.19. The summed E-state index contributed by atoms with van der Waals surface area (Å²) >= 11 is 0. The summed E-state index contributed by atoms with van der Waals surface area (Å²) in [7, 11) is 1.29. The monoisotopic (exact) mass is 270 g/mol. The van der Waals surface area contributed by atoms with Gasteiger partial charge in [-0.1, -0.05) is 5.21 Å². The lowest BCUT2D eigenvalue weighted by molar-refractivity contribution is -0.141. The summed E-state index contributed by atoms with van der Waals surface area (Å²) in [4.78, 5) is 22.6. The van der Waals surface area contributed by atoms with Gasteiger partial charge >= 0.3 is 12.1 Å². The van der Waals surface area contributed by atoms with Gasteiger partial charge in [0.05, 0.1) is 25.5 Å². The molecule has 1 aromatic heterocycles. The maximum Gasteiger partial charge on any atom is 0.407 e. The molecule has 0 unspecified atom stereocenters. The Labute approximate surface area is 111 Å². The minimum atomic E-state index is -0.561. The van der Waals surface area contributed by atoms with E-state index in [1.165, 1.54) is 18.0 Å². The van der Waals surface area contributed by atoms with Gasteiger partial charge in [0.1, 0.15) is 12.1 Å². The van der Waals surface area contributed by atoms with Gasteiger partial charge < -0.3 is 14.8 Å². The lowest BCUT2D eigenvalue weighted by Crippen LogP contribution is -2.32. The number of carbonyl (C=O) groups is 2. The zero-order chi connectivity index (χ0) is 14.5. The van der Waals surface area contributed by atoms with E-state index in [1.807, 2.05) is 0 Å². The number of nitrogens with zero attached hydrogens (tertiary/aromatic N) is 3. The second kappa shape index (κ2) is 6.17. The van der Waals surface area contributed by atoms with Crippen molar-refractivity contribution in [3.05, 3.63) is 11.9 Å². The third-order valence-electron chi connectivity index (χ3n) is 2.02. The first-order chi connectivity index (χ1) is 8.81. The van der Waals surface area contributed by atoms with Gasteiger partial charge in [-0.3, -0.25) is 4.79 Å². The van der Waals surface area contributed by atoms with Crippen LogP contribution in [0.15, 0.2) is 6.20 Å². The fourth-order valence-electron chi connectivity index (χ4n) is 1.21. The molecule has 0 spiro atoms. The highest BCUT2D eigenvalue weighted by molar-refractivity contribution is 5.69. The Morgan fingerprint density at radius 3 is 2.68 bits per heavy atom. The highest BCUT2D eigenvalue weighted by Gasteiger charge is 2.16. The molecule has 1 aromatic rings. The van der Waals surface area contributed by atoms with Crippen LogP contribution in [0, 0.1) is 0 Å². The van der Waals surface area contributed by atoms with Crippen molar-refractivity contribution in [2.45, 2.75) is 39.5 Å². The Hall–Kier alpha value is -2.12. The van der Waals surface area contributed by atoms with Crippen molar-refractivity contribution in [1.82, 2.24) is 20.3 Å². The van der Waals surface area contributed by atoms with Crippen LogP contribution in [-0.4, -0.2) is 39.8 Å². The van der Waals surface area contributed by atoms with Crippen molar-refractivity contribution in [1.29, 1.82) is 0 Å². The zero-order valence-electron chi connectivity index (χ0n) is 11.5. The van der Waals surface area contributed by atoms with Crippen molar-refractivity contribution in [3.63, 3.8) is 0 Å². The molecule has 0 aliphatic carbocycles. The number of ether oxygens (including phenoxy) is 2. The summed E-state index contributed by atoms with van der Waals surface area (Å²) in [5.41, 5.74) is 0.0190. The van der Waals surface area contributed by atoms with Crippen molar-refractivity contribution >= 4 is 12.1 Å². The van der Waals surface area contributed by atoms with E-state index in [9.17, 15) is 9.59 Å². The largest absolute Gasteiger partial charge is 0.468 e. The molecule has 19 heavy (non-hydrogen) atoms. The summed E-state index contributed by atoms with van der Waals surface area (Å²) in [5, 5.41) is 9.96. The maximum absolute atomic E-state index is 11.5. The number of esters is 1. The molecule has 1 amide bonds. The van der Waals surface area contributed by atoms with Crippen LogP contribution >= 0.6 is 0 Å². The number of nitrogens with one attached hydrogen (secondary N) is 1. The minimum Gasteiger partial charge on any atom is -0.468 e. The SMILES string of the molecule is COC(=O)Cn1nncc1CNC(=O)OC(C)(C)C. The molecule has 1 N–H and O–H groups in total. The first-order valence-electron chi connectivity index (χ1n) is 5.73. The number of amides is 1. The van der Waals surface area contributed by atoms with Crippen molar-refractivity contribution in [2.24, 2.45) is 0 Å². The predicted molar refractivity (Wildman–Crippen MR) is 65.1 cm³/mol. The Balaban J connectivity index is 2.52. The molecule has 0 aliphatic rings. The zero-order valence-corrected chi connectivity index (χ0v) is 11.5. The van der Waals surface area contributed by atoms with Crippen molar-refractivity contribution in [2.75, 3.05) is 7.11 Å². The summed E-state index contributed by atoms with van der Waals surface area (Å²) in [5.74, 6) is -0.441. The first kappa shape index (κ1) is 14.9. The Morgan fingerprint density at radius 1 is 1.42 bits per heavy atom. The molecule has 106 valence electrons. The summed E-state index contributed by atoms with van der Waals surface area (Å²) in [6.07, 6.45) is 0.915. The minimum absolute atomic E-state index is 0.0537. The highest BCUT2D eigenvalue weighted by Crippen LogP contribution is 2.06. The van der Waals surface area contributed by atoms with Crippen LogP contribution in [0.1, 0.15) is 26.5 Å². The van der Waals surface area contributed by atoms with E-state index >= 15 is 0 Å². The average molecular weight is 270 g/mol. The Bertz CT molecular complexity index is 450. The molecule has 0 bridgehead atoms. The number of hydrogen-bond acceptors (Lipinski definition) is 6. The Morgan fingerprint density at radius 2 is 2.11 bits per heavy atom. The molecule has 1 rings (SSSR count). The van der Waals surface area contributed by atoms with Gasteiger partial charge in [-0.2, -0.15) is 0 Å². The molecular formula is C11H18N4O4. The lowest BCUT2D eigenvalue weighted by atomic mass is 10.2. The molecule has 0 fully saturated rings. The van der Waals surface area contributed by atoms with Crippen LogP contribution in [0.5, 0.6) is 0 Å². The van der Waals surface area contributed by atoms with Gasteiger partial charge in [-0.25, -0.2) is 9.48 Å². The highest BCUT2D eigenvalue weighted by atomic mass is 16.6. The quantitative estimate of drug-likeness (QED) is 0.799. The van der Waals surface area contributed by atoms with E-state index in [4.69, 9.17) is 4.74 Å². The van der Waals surface area contributed by atoms with E-state index < -0.39 is 17.7 Å². The van der Waals surface area contributed by atoms with E-state index in [0.717, 1.165) is 0 Å². The van der Waals surface area contributed by atoms with Crippen molar-refractivity contribution < 1.29 is 19.1 Å². The van der Waals surface area contributed by atoms with E-state index in [-0.39, 0.29) is 13.1 Å². The van der Waals surface area contributed by atoms with Gasteiger partial charge in [0.2, 0.25) is 0 Å². The molecule has 0 saturated carbocycles. The van der Waals surface area contributed by atoms with Crippen LogP contribution < -0.4 is 5.32 Å². The Kier molecular flexibility index (Phi) is 4.85. The maximum atomic E-state index is 11.5. The second-order valence-corrected chi connectivity index (χ2v) is 4.81. The number of rotatable bonds is 4. The number of alkyl carbamates (subject to hydrolysis) is 1. The van der Waals surface area contributed by atoms with Crippen LogP contribution in [0.4, 0.5) is 4.79 Å². The summed E-state index contributed by atoms with van der Waals surface area (Å²) in [6, 6.07) is 0. The van der Waals surface area contributed by atoms with E-state index in [0.29, 0.717) is 5.69 Å². The second-order valence-electron chi connectivity index (χ2n) is 4.81. The first-order valence-corrected chi connectivity index (χ1v) is 5.73. The van der Waals surface area contributed by atoms with E-state index in [2.05, 4.69) is 20.4 Å². The number of methoxy groups -OCH3 is 1. The smallest absolute Gasteiger partial charge is 0.407 e. The van der Waals surface area contributed by atoms with Gasteiger partial charge in [-0.05, 0) is 20.8 Å². The van der Waals surface area contributed by atoms with Crippen LogP contribution in [0.3, 0.4) is 0 Å². The number of hydrogen-bond donors (Lipinski definition) is 1. The molecule has 0 radical (unpaired) electrons. The van der Waals surface area contributed by atoms with Gasteiger partial charge in [-0.15, -0.1) is 5.10 Å². The molecule has 0 aliphatic heterocycles. The molecule has 0 saturated heterocycles. The van der Waals surface area contributed by atoms with Gasteiger partial charge in [0.25, 0.3) is 0 Å². The molecular weight excluding hydrogens is 252 g/mol. The third kappa shape index (κ3) is 5.36. The summed E-state index contributed by atoms with van der Waals surface area (Å²) in [6.45, 7) is 5.43. The average Bonchev–Trinajstić information content (AvgIpc) is 2.71. The van der Waals surface area contributed by atoms with Crippen LogP contribution in [0.25, 0.3) is 0 Å². The number of aromatic nitrogens is 3. The summed E-state index contributed by atoms with van der Waals surface area (Å²) < 4.78 is 11.0. The molecule has 8 heteroatoms. The van der Waals surface area contributed by atoms with Crippen molar-refractivity contribution in [3.8, 4) is 0 Å². The van der Waals surface area contributed by atoms with Gasteiger partial charge in [0.15, 0.2) is 0 Å². The molecule has 8 nitrogen and oxygen atoms in total. The fraction of sp³-hybridized carbons (Fsp3) is 0.636. The molecule has 0 aromatic carbocycles. The van der Waals surface area contributed by atoms with Gasteiger partial charge in [0, 0.05) is 0 Å². The topological polar surface area (TPSA) is 95.3 Å². The fourth-order valence-corrected chi connectivity index (χ4v) is 1.21. The molecule has 1 heterocycles. The van der Waals surface area contributed by atoms with E-state index in [1.54, 1.807) is 20.8 Å². The predicted octanol–water partition coefficient (Wildman–Crippen LogP) is 0.476. The molecule has 0 atom stereocenters. The van der Waals surface area contributed by atoms with Crippen LogP contribution in [0.2, 0.25) is 0 Å². The standard InChI is InChI=1S/C11H18N4O4/c1-11(2,3)19-10(17)12-5-8-6-13-14-15(8)7-9(16)18-4/h6H,5,7H2,1-4H3,(H,12,17). The van der Waals surface area contributed by atoms with Crippen LogP contribution in [-0.2, 0) is 27.4 Å².